The molecule has 2 rings (SSSR count). The molecule has 1 heterocycles. The third kappa shape index (κ3) is 4.28. The van der Waals surface area contributed by atoms with Crippen molar-refractivity contribution in [3.05, 3.63) is 63.8 Å². The molecule has 0 fully saturated rings. The minimum Gasteiger partial charge on any atom is -0.358 e. The van der Waals surface area contributed by atoms with E-state index < -0.39 is 11.0 Å². The monoisotopic (exact) mass is 328 g/mol. The van der Waals surface area contributed by atoms with Crippen LogP contribution in [0.4, 0.5) is 11.5 Å². The SMILES string of the molecule is Cc1cc(NC(Cc2ccccc2)C(=O)N(C)C)ncc1[N+](=O)[O-]. The van der Waals surface area contributed by atoms with Crippen LogP contribution in [0.1, 0.15) is 11.1 Å². The van der Waals surface area contributed by atoms with E-state index in [0.29, 0.717) is 17.8 Å². The summed E-state index contributed by atoms with van der Waals surface area (Å²) < 4.78 is 0. The zero-order valence-corrected chi connectivity index (χ0v) is 13.9. The average molecular weight is 328 g/mol. The van der Waals surface area contributed by atoms with Gasteiger partial charge < -0.3 is 10.2 Å². The van der Waals surface area contributed by atoms with Gasteiger partial charge in [0.1, 0.15) is 18.1 Å². The molecule has 0 aliphatic carbocycles. The number of anilines is 1. The van der Waals surface area contributed by atoms with Gasteiger partial charge in [-0.05, 0) is 18.6 Å². The fraction of sp³-hybridized carbons (Fsp3) is 0.294. The van der Waals surface area contributed by atoms with Gasteiger partial charge in [-0.3, -0.25) is 14.9 Å². The first kappa shape index (κ1) is 17.4. The molecule has 2 aromatic rings. The van der Waals surface area contributed by atoms with E-state index in [4.69, 9.17) is 0 Å². The molecule has 126 valence electrons. The third-order valence-electron chi connectivity index (χ3n) is 3.62. The number of carbonyl (C=O) groups excluding carboxylic acids is 1. The van der Waals surface area contributed by atoms with Gasteiger partial charge in [0.25, 0.3) is 5.69 Å². The standard InChI is InChI=1S/C17H20N4O3/c1-12-9-16(18-11-15(12)21(23)24)19-14(17(22)20(2)3)10-13-7-5-4-6-8-13/h4-9,11,14H,10H2,1-3H3,(H,18,19). The molecule has 0 bridgehead atoms. The van der Waals surface area contributed by atoms with Gasteiger partial charge in [0.05, 0.1) is 4.92 Å². The van der Waals surface area contributed by atoms with Crippen LogP contribution >= 0.6 is 0 Å². The molecule has 7 nitrogen and oxygen atoms in total. The molecule has 0 spiro atoms. The van der Waals surface area contributed by atoms with E-state index in [0.717, 1.165) is 5.56 Å². The normalized spacial score (nSPS) is 11.6. The molecule has 0 saturated carbocycles. The Morgan fingerprint density at radius 3 is 2.54 bits per heavy atom. The molecule has 0 aliphatic heterocycles. The maximum absolute atomic E-state index is 12.4. The summed E-state index contributed by atoms with van der Waals surface area (Å²) in [6, 6.07) is 10.7. The number of nitrogens with one attached hydrogen (secondary N) is 1. The molecule has 1 aromatic heterocycles. The second kappa shape index (κ2) is 7.54. The number of nitrogens with zero attached hydrogens (tertiary/aromatic N) is 3. The van der Waals surface area contributed by atoms with E-state index in [1.807, 2.05) is 30.3 Å². The Labute approximate surface area is 140 Å². The second-order valence-corrected chi connectivity index (χ2v) is 5.73. The Bertz CT molecular complexity index is 732. The molecule has 0 aliphatic rings. The number of nitro groups is 1. The first-order chi connectivity index (χ1) is 11.4. The zero-order chi connectivity index (χ0) is 17.7. The summed E-state index contributed by atoms with van der Waals surface area (Å²) in [5, 5.41) is 14.0. The molecule has 1 atom stereocenters. The highest BCUT2D eigenvalue weighted by Crippen LogP contribution is 2.20. The van der Waals surface area contributed by atoms with E-state index in [-0.39, 0.29) is 11.6 Å². The average Bonchev–Trinajstić information content (AvgIpc) is 2.54. The molecular weight excluding hydrogens is 308 g/mol. The van der Waals surface area contributed by atoms with Crippen LogP contribution < -0.4 is 5.32 Å². The van der Waals surface area contributed by atoms with Crippen molar-refractivity contribution in [3.63, 3.8) is 0 Å². The van der Waals surface area contributed by atoms with E-state index >= 15 is 0 Å². The summed E-state index contributed by atoms with van der Waals surface area (Å²) in [6.45, 7) is 1.64. The van der Waals surface area contributed by atoms with Crippen LogP contribution in [0.15, 0.2) is 42.6 Å². The van der Waals surface area contributed by atoms with Crippen molar-refractivity contribution >= 4 is 17.4 Å². The quantitative estimate of drug-likeness (QED) is 0.650. The molecule has 1 aromatic carbocycles. The predicted molar refractivity (Wildman–Crippen MR) is 91.9 cm³/mol. The number of hydrogen-bond donors (Lipinski definition) is 1. The van der Waals surface area contributed by atoms with E-state index in [2.05, 4.69) is 10.3 Å². The Morgan fingerprint density at radius 2 is 2.00 bits per heavy atom. The maximum Gasteiger partial charge on any atom is 0.290 e. The van der Waals surface area contributed by atoms with Gasteiger partial charge in [0.2, 0.25) is 5.91 Å². The number of hydrogen-bond acceptors (Lipinski definition) is 5. The number of aryl methyl sites for hydroxylation is 1. The Hall–Kier alpha value is -2.96. The van der Waals surface area contributed by atoms with E-state index in [9.17, 15) is 14.9 Å². The van der Waals surface area contributed by atoms with Crippen molar-refractivity contribution in [1.82, 2.24) is 9.88 Å². The minimum atomic E-state index is -0.504. The molecule has 24 heavy (non-hydrogen) atoms. The predicted octanol–water partition coefficient (Wildman–Crippen LogP) is 2.41. The van der Waals surface area contributed by atoms with Crippen LogP contribution in [-0.4, -0.2) is 40.9 Å². The highest BCUT2D eigenvalue weighted by Gasteiger charge is 2.22. The molecule has 1 unspecified atom stereocenters. The van der Waals surface area contributed by atoms with Gasteiger partial charge >= 0.3 is 0 Å². The van der Waals surface area contributed by atoms with Crippen LogP contribution in [0.5, 0.6) is 0 Å². The Morgan fingerprint density at radius 1 is 1.33 bits per heavy atom. The van der Waals surface area contributed by atoms with E-state index in [1.165, 1.54) is 11.1 Å². The van der Waals surface area contributed by atoms with Gasteiger partial charge in [-0.15, -0.1) is 0 Å². The number of carbonyl (C=O) groups is 1. The second-order valence-electron chi connectivity index (χ2n) is 5.73. The van der Waals surface area contributed by atoms with Crippen LogP contribution in [-0.2, 0) is 11.2 Å². The lowest BCUT2D eigenvalue weighted by atomic mass is 10.0. The van der Waals surface area contributed by atoms with Crippen molar-refractivity contribution in [2.45, 2.75) is 19.4 Å². The van der Waals surface area contributed by atoms with Gasteiger partial charge in [-0.1, -0.05) is 30.3 Å². The summed E-state index contributed by atoms with van der Waals surface area (Å²) >= 11 is 0. The molecule has 7 heteroatoms. The van der Waals surface area contributed by atoms with Crippen LogP contribution in [0.3, 0.4) is 0 Å². The lowest BCUT2D eigenvalue weighted by molar-refractivity contribution is -0.385. The summed E-state index contributed by atoms with van der Waals surface area (Å²) in [7, 11) is 3.38. The van der Waals surface area contributed by atoms with Crippen LogP contribution in [0.25, 0.3) is 0 Å². The molecule has 0 radical (unpaired) electrons. The smallest absolute Gasteiger partial charge is 0.290 e. The highest BCUT2D eigenvalue weighted by molar-refractivity contribution is 5.84. The number of aromatic nitrogens is 1. The van der Waals surface area contributed by atoms with Gasteiger partial charge in [0, 0.05) is 26.1 Å². The fourth-order valence-electron chi connectivity index (χ4n) is 2.36. The number of pyridine rings is 1. The number of amides is 1. The molecular formula is C17H20N4O3. The van der Waals surface area contributed by atoms with Crippen molar-refractivity contribution in [2.24, 2.45) is 0 Å². The van der Waals surface area contributed by atoms with Crippen molar-refractivity contribution in [3.8, 4) is 0 Å². The van der Waals surface area contributed by atoms with E-state index in [1.54, 1.807) is 27.1 Å². The Balaban J connectivity index is 2.23. The highest BCUT2D eigenvalue weighted by atomic mass is 16.6. The first-order valence-corrected chi connectivity index (χ1v) is 7.51. The minimum absolute atomic E-state index is 0.0425. The van der Waals surface area contributed by atoms with Crippen molar-refractivity contribution in [1.29, 1.82) is 0 Å². The lowest BCUT2D eigenvalue weighted by Crippen LogP contribution is -2.40. The third-order valence-corrected chi connectivity index (χ3v) is 3.62. The van der Waals surface area contributed by atoms with Gasteiger partial charge in [-0.25, -0.2) is 4.98 Å². The zero-order valence-electron chi connectivity index (χ0n) is 13.9. The summed E-state index contributed by atoms with van der Waals surface area (Å²) in [6.07, 6.45) is 1.70. The number of likely N-dealkylation sites (N-methyl/N-ethyl adjacent to an activating group) is 1. The van der Waals surface area contributed by atoms with Crippen LogP contribution in [0.2, 0.25) is 0 Å². The molecule has 0 saturated heterocycles. The first-order valence-electron chi connectivity index (χ1n) is 7.51. The molecule has 1 amide bonds. The maximum atomic E-state index is 12.4. The van der Waals surface area contributed by atoms with Crippen molar-refractivity contribution < 1.29 is 9.72 Å². The lowest BCUT2D eigenvalue weighted by Gasteiger charge is -2.22. The van der Waals surface area contributed by atoms with Crippen LogP contribution in [0, 0.1) is 17.0 Å². The van der Waals surface area contributed by atoms with Gasteiger partial charge in [0.15, 0.2) is 0 Å². The summed E-state index contributed by atoms with van der Waals surface area (Å²) in [5.74, 6) is 0.353. The number of benzene rings is 1. The summed E-state index contributed by atoms with van der Waals surface area (Å²) in [5.41, 5.74) is 1.47. The Kier molecular flexibility index (Phi) is 5.47. The summed E-state index contributed by atoms with van der Waals surface area (Å²) in [4.78, 5) is 28.4. The van der Waals surface area contributed by atoms with Gasteiger partial charge in [-0.2, -0.15) is 0 Å². The topological polar surface area (TPSA) is 88.4 Å². The largest absolute Gasteiger partial charge is 0.358 e. The number of rotatable bonds is 6. The fourth-order valence-corrected chi connectivity index (χ4v) is 2.36. The molecule has 1 N–H and O–H groups in total. The van der Waals surface area contributed by atoms with Crippen molar-refractivity contribution in [2.75, 3.05) is 19.4 Å².